The molecule has 1 aromatic carbocycles. The van der Waals surface area contributed by atoms with Crippen LogP contribution in [-0.2, 0) is 21.6 Å². The maximum atomic E-state index is 15.0. The van der Waals surface area contributed by atoms with E-state index in [-0.39, 0.29) is 28.4 Å². The number of aryl methyl sites for hydroxylation is 1. The lowest BCUT2D eigenvalue weighted by Gasteiger charge is -2.46. The molecule has 2 saturated heterocycles. The number of anilines is 1. The highest BCUT2D eigenvalue weighted by atomic mass is 35.5. The van der Waals surface area contributed by atoms with Crippen LogP contribution in [0.25, 0.3) is 22.2 Å². The molecule has 198 valence electrons. The molecule has 0 aliphatic carbocycles. The zero-order chi connectivity index (χ0) is 26.6. The van der Waals surface area contributed by atoms with Gasteiger partial charge in [0.15, 0.2) is 9.84 Å². The van der Waals surface area contributed by atoms with Gasteiger partial charge < -0.3 is 18.9 Å². The number of hydrogen-bond acceptors (Lipinski definition) is 9. The van der Waals surface area contributed by atoms with Crippen molar-refractivity contribution in [2.75, 3.05) is 37.5 Å². The van der Waals surface area contributed by atoms with Gasteiger partial charge in [0, 0.05) is 55.6 Å². The summed E-state index contributed by atoms with van der Waals surface area (Å²) in [4.78, 5) is 19.6. The fourth-order valence-corrected chi connectivity index (χ4v) is 6.01. The number of nitrogens with zero attached hydrogens (tertiary/aromatic N) is 6. The van der Waals surface area contributed by atoms with Crippen LogP contribution in [0.4, 0.5) is 10.3 Å². The number of aromatic nitrogens is 5. The quantitative estimate of drug-likeness (QED) is 0.364. The van der Waals surface area contributed by atoms with Crippen LogP contribution in [0.1, 0.15) is 0 Å². The second-order valence-corrected chi connectivity index (χ2v) is 12.1. The minimum absolute atomic E-state index is 0.0486. The van der Waals surface area contributed by atoms with Gasteiger partial charge in [0.05, 0.1) is 35.5 Å². The number of benzene rings is 1. The van der Waals surface area contributed by atoms with Crippen molar-refractivity contribution in [1.29, 1.82) is 0 Å². The van der Waals surface area contributed by atoms with Gasteiger partial charge in [0.2, 0.25) is 11.8 Å². The third kappa shape index (κ3) is 4.46. The molecule has 2 aliphatic heterocycles. The van der Waals surface area contributed by atoms with E-state index in [0.29, 0.717) is 59.8 Å². The van der Waals surface area contributed by atoms with E-state index in [0.717, 1.165) is 12.3 Å². The number of piperidine rings is 1. The molecule has 3 aromatic heterocycles. The molecule has 6 rings (SSSR count). The SMILES string of the molecule is Cn1cc(-c2ccc(S(C)(=O)=O)cc2F)c2ncnc(OC3C4COCC3CN(c3ncc(Cl)cn3)C4)c21. The van der Waals surface area contributed by atoms with Gasteiger partial charge in [0.1, 0.15) is 29.3 Å². The minimum Gasteiger partial charge on any atom is -0.472 e. The zero-order valence-electron chi connectivity index (χ0n) is 20.6. The summed E-state index contributed by atoms with van der Waals surface area (Å²) in [7, 11) is -1.72. The first-order valence-corrected chi connectivity index (χ1v) is 14.2. The molecule has 5 heterocycles. The van der Waals surface area contributed by atoms with Gasteiger partial charge in [-0.25, -0.2) is 27.8 Å². The van der Waals surface area contributed by atoms with Gasteiger partial charge in [-0.15, -0.1) is 0 Å². The van der Waals surface area contributed by atoms with Crippen LogP contribution in [0.3, 0.4) is 0 Å². The molecule has 0 saturated carbocycles. The Labute approximate surface area is 223 Å². The molecule has 2 atom stereocenters. The van der Waals surface area contributed by atoms with Crippen molar-refractivity contribution in [3.8, 4) is 17.0 Å². The first-order chi connectivity index (χ1) is 18.2. The molecule has 2 bridgehead atoms. The number of rotatable bonds is 5. The largest absolute Gasteiger partial charge is 0.472 e. The molecular formula is C25H24ClFN6O4S. The van der Waals surface area contributed by atoms with E-state index >= 15 is 4.39 Å². The van der Waals surface area contributed by atoms with Gasteiger partial charge in [0.25, 0.3) is 0 Å². The highest BCUT2D eigenvalue weighted by Gasteiger charge is 2.43. The Balaban J connectivity index is 1.32. The van der Waals surface area contributed by atoms with Gasteiger partial charge in [-0.3, -0.25) is 0 Å². The van der Waals surface area contributed by atoms with Crippen molar-refractivity contribution in [1.82, 2.24) is 24.5 Å². The van der Waals surface area contributed by atoms with E-state index in [1.54, 1.807) is 23.2 Å². The van der Waals surface area contributed by atoms with Crippen LogP contribution < -0.4 is 9.64 Å². The summed E-state index contributed by atoms with van der Waals surface area (Å²) in [6, 6.07) is 3.88. The molecule has 2 unspecified atom stereocenters. The molecule has 0 N–H and O–H groups in total. The lowest BCUT2D eigenvalue weighted by molar-refractivity contribution is -0.0765. The standard InChI is InChI=1S/C25H24ClFN6O4S/c1-32-10-19(18-4-3-17(5-20(18)27)38(2,34)35)21-22(32)24(31-13-30-21)37-23-14-8-33(9-15(23)12-36-11-14)25-28-6-16(26)7-29-25/h3-7,10,13-15,23H,8-9,11-12H2,1-2H3. The second kappa shape index (κ2) is 9.44. The van der Waals surface area contributed by atoms with E-state index in [1.807, 2.05) is 7.05 Å². The van der Waals surface area contributed by atoms with Crippen LogP contribution >= 0.6 is 11.6 Å². The van der Waals surface area contributed by atoms with Crippen molar-refractivity contribution < 1.29 is 22.3 Å². The predicted octanol–water partition coefficient (Wildman–Crippen LogP) is 3.15. The number of sulfone groups is 1. The number of halogens is 2. The molecule has 2 fully saturated rings. The third-order valence-corrected chi connectivity index (χ3v) is 8.32. The highest BCUT2D eigenvalue weighted by molar-refractivity contribution is 7.90. The molecule has 38 heavy (non-hydrogen) atoms. The molecular weight excluding hydrogens is 535 g/mol. The van der Waals surface area contributed by atoms with Crippen molar-refractivity contribution in [3.05, 3.63) is 54.0 Å². The van der Waals surface area contributed by atoms with Gasteiger partial charge >= 0.3 is 0 Å². The summed E-state index contributed by atoms with van der Waals surface area (Å²) >= 11 is 5.95. The van der Waals surface area contributed by atoms with Gasteiger partial charge in [-0.1, -0.05) is 17.7 Å². The van der Waals surface area contributed by atoms with Crippen molar-refractivity contribution in [2.24, 2.45) is 18.9 Å². The van der Waals surface area contributed by atoms with E-state index in [4.69, 9.17) is 21.1 Å². The predicted molar refractivity (Wildman–Crippen MR) is 138 cm³/mol. The molecule has 0 amide bonds. The summed E-state index contributed by atoms with van der Waals surface area (Å²) in [5.74, 6) is 0.463. The Morgan fingerprint density at radius 2 is 1.79 bits per heavy atom. The first-order valence-electron chi connectivity index (χ1n) is 12.0. The average molecular weight is 559 g/mol. The topological polar surface area (TPSA) is 112 Å². The van der Waals surface area contributed by atoms with Crippen LogP contribution in [0.15, 0.2) is 48.0 Å². The maximum absolute atomic E-state index is 15.0. The molecule has 13 heteroatoms. The molecule has 0 radical (unpaired) electrons. The Hall–Kier alpha value is -3.35. The summed E-state index contributed by atoms with van der Waals surface area (Å²) in [6.07, 6.45) is 7.20. The summed E-state index contributed by atoms with van der Waals surface area (Å²) in [5.41, 5.74) is 1.90. The summed E-state index contributed by atoms with van der Waals surface area (Å²) < 4.78 is 52.9. The Morgan fingerprint density at radius 1 is 1.08 bits per heavy atom. The summed E-state index contributed by atoms with van der Waals surface area (Å²) in [5, 5.41) is 0.483. The van der Waals surface area contributed by atoms with Crippen molar-refractivity contribution >= 4 is 38.4 Å². The third-order valence-electron chi connectivity index (χ3n) is 7.02. The number of ether oxygens (including phenoxy) is 2. The molecule has 2 aliphatic rings. The molecule has 4 aromatic rings. The fourth-order valence-electron chi connectivity index (χ4n) is 5.28. The molecule has 10 nitrogen and oxygen atoms in total. The van der Waals surface area contributed by atoms with Crippen LogP contribution in [-0.4, -0.2) is 71.6 Å². The van der Waals surface area contributed by atoms with Crippen LogP contribution in [0.5, 0.6) is 5.88 Å². The lowest BCUT2D eigenvalue weighted by Crippen LogP contribution is -2.58. The lowest BCUT2D eigenvalue weighted by atomic mass is 9.84. The van der Waals surface area contributed by atoms with E-state index in [9.17, 15) is 8.42 Å². The van der Waals surface area contributed by atoms with E-state index in [1.165, 1.54) is 18.5 Å². The fraction of sp³-hybridized carbons (Fsp3) is 0.360. The Kier molecular flexibility index (Phi) is 6.20. The Morgan fingerprint density at radius 3 is 2.45 bits per heavy atom. The summed E-state index contributed by atoms with van der Waals surface area (Å²) in [6.45, 7) is 2.34. The zero-order valence-corrected chi connectivity index (χ0v) is 22.2. The van der Waals surface area contributed by atoms with Gasteiger partial charge in [-0.05, 0) is 12.1 Å². The van der Waals surface area contributed by atoms with Gasteiger partial charge in [-0.2, -0.15) is 4.98 Å². The van der Waals surface area contributed by atoms with Crippen LogP contribution in [0.2, 0.25) is 5.02 Å². The normalized spacial score (nSPS) is 21.6. The number of hydrogen-bond donors (Lipinski definition) is 0. The van der Waals surface area contributed by atoms with Crippen LogP contribution in [0, 0.1) is 17.7 Å². The monoisotopic (exact) mass is 558 g/mol. The second-order valence-electron chi connectivity index (χ2n) is 9.69. The van der Waals surface area contributed by atoms with E-state index < -0.39 is 15.7 Å². The first kappa shape index (κ1) is 25.0. The van der Waals surface area contributed by atoms with Crippen molar-refractivity contribution in [3.63, 3.8) is 0 Å². The average Bonchev–Trinajstić information content (AvgIpc) is 3.21. The smallest absolute Gasteiger partial charge is 0.242 e. The highest BCUT2D eigenvalue weighted by Crippen LogP contribution is 2.37. The molecule has 0 spiro atoms. The Bertz CT molecular complexity index is 1620. The minimum atomic E-state index is -3.53. The van der Waals surface area contributed by atoms with Crippen molar-refractivity contribution in [2.45, 2.75) is 11.0 Å². The van der Waals surface area contributed by atoms with E-state index in [2.05, 4.69) is 24.8 Å². The number of fused-ring (bicyclic) bond motifs is 3. The maximum Gasteiger partial charge on any atom is 0.242 e.